The molecule has 0 radical (unpaired) electrons. The number of carbonyl (C=O) groups excluding carboxylic acids is 1. The quantitative estimate of drug-likeness (QED) is 0.269. The van der Waals surface area contributed by atoms with Crippen LogP contribution in [0.1, 0.15) is 44.0 Å². The van der Waals surface area contributed by atoms with Crippen LogP contribution in [0.15, 0.2) is 48.8 Å². The maximum atomic E-state index is 15.5. The summed E-state index contributed by atoms with van der Waals surface area (Å²) >= 11 is 0. The van der Waals surface area contributed by atoms with Gasteiger partial charge in [-0.2, -0.15) is 5.10 Å². The molecule has 0 bridgehead atoms. The Labute approximate surface area is 245 Å². The van der Waals surface area contributed by atoms with Gasteiger partial charge >= 0.3 is 6.03 Å². The molecule has 0 saturated carbocycles. The van der Waals surface area contributed by atoms with Gasteiger partial charge in [-0.1, -0.05) is 39.0 Å². The monoisotopic (exact) mass is 575 g/mol. The lowest BCUT2D eigenvalue weighted by Gasteiger charge is -2.20. The van der Waals surface area contributed by atoms with Gasteiger partial charge in [-0.05, 0) is 47.2 Å². The van der Waals surface area contributed by atoms with Gasteiger partial charge in [0.05, 0.1) is 24.6 Å². The second kappa shape index (κ2) is 12.4. The first-order chi connectivity index (χ1) is 20.2. The van der Waals surface area contributed by atoms with Gasteiger partial charge in [-0.15, -0.1) is 0 Å². The van der Waals surface area contributed by atoms with Crippen LogP contribution in [0.5, 0.6) is 0 Å². The van der Waals surface area contributed by atoms with E-state index in [1.165, 1.54) is 12.4 Å². The zero-order valence-electron chi connectivity index (χ0n) is 24.5. The van der Waals surface area contributed by atoms with E-state index in [2.05, 4.69) is 46.4 Å². The second-order valence-electron chi connectivity index (χ2n) is 11.5. The lowest BCUT2D eigenvalue weighted by Crippen LogP contribution is -2.27. The van der Waals surface area contributed by atoms with Gasteiger partial charge in [-0.25, -0.2) is 18.7 Å². The van der Waals surface area contributed by atoms with Crippen LogP contribution < -0.4 is 16.4 Å². The van der Waals surface area contributed by atoms with E-state index in [0.29, 0.717) is 35.5 Å². The van der Waals surface area contributed by atoms with Gasteiger partial charge in [0.2, 0.25) is 0 Å². The summed E-state index contributed by atoms with van der Waals surface area (Å²) in [6.07, 6.45) is 2.35. The molecule has 2 aromatic carbocycles. The number of nitrogens with two attached hydrogens (primary N) is 1. The largest absolute Gasteiger partial charge is 0.382 e. The molecule has 222 valence electrons. The van der Waals surface area contributed by atoms with Crippen LogP contribution in [0.3, 0.4) is 0 Å². The minimum absolute atomic E-state index is 0.0500. The van der Waals surface area contributed by atoms with Gasteiger partial charge in [0.15, 0.2) is 5.82 Å². The first kappa shape index (κ1) is 29.4. The van der Waals surface area contributed by atoms with E-state index in [4.69, 9.17) is 15.2 Å². The number of nitrogens with zero attached hydrogens (tertiary/aromatic N) is 4. The van der Waals surface area contributed by atoms with Gasteiger partial charge in [0.1, 0.15) is 17.7 Å². The fraction of sp³-hybridized carbons (Fsp3) is 0.387. The lowest BCUT2D eigenvalue weighted by molar-refractivity contribution is 0.139. The highest BCUT2D eigenvalue weighted by atomic mass is 19.1. The second-order valence-corrected chi connectivity index (χ2v) is 11.5. The SMILES string of the molecule is COCc1c(-c2ccc(NC(=O)Nc3cccc(C(C)(C)C)c3)c(F)c2)c2c(N)ncnn2c1CN1CCCOCC1. The normalized spacial score (nSPS) is 14.6. The molecule has 0 unspecified atom stereocenters. The van der Waals surface area contributed by atoms with Gasteiger partial charge in [0, 0.05) is 50.2 Å². The van der Waals surface area contributed by atoms with Crippen molar-refractivity contribution in [3.05, 3.63) is 71.4 Å². The Morgan fingerprint density at radius 1 is 1.14 bits per heavy atom. The number of halogens is 1. The Hall–Kier alpha value is -4.06. The molecule has 42 heavy (non-hydrogen) atoms. The van der Waals surface area contributed by atoms with E-state index in [0.717, 1.165) is 42.9 Å². The first-order valence-electron chi connectivity index (χ1n) is 14.1. The number of carbonyl (C=O) groups is 1. The molecule has 2 aromatic heterocycles. The molecule has 0 aliphatic carbocycles. The van der Waals surface area contributed by atoms with E-state index in [-0.39, 0.29) is 23.5 Å². The molecule has 1 saturated heterocycles. The third-order valence-electron chi connectivity index (χ3n) is 7.43. The number of methoxy groups -OCH3 is 1. The van der Waals surface area contributed by atoms with Gasteiger partial charge < -0.3 is 25.8 Å². The van der Waals surface area contributed by atoms with E-state index >= 15 is 4.39 Å². The van der Waals surface area contributed by atoms with Crippen molar-refractivity contribution >= 4 is 28.7 Å². The van der Waals surface area contributed by atoms with Crippen molar-refractivity contribution in [1.82, 2.24) is 19.5 Å². The van der Waals surface area contributed by atoms with Crippen LogP contribution in [-0.4, -0.2) is 58.9 Å². The highest BCUT2D eigenvalue weighted by molar-refractivity contribution is 6.00. The molecule has 4 aromatic rings. The van der Waals surface area contributed by atoms with Crippen LogP contribution in [0, 0.1) is 5.82 Å². The molecule has 5 rings (SSSR count). The van der Waals surface area contributed by atoms with Crippen molar-refractivity contribution < 1.29 is 18.7 Å². The third-order valence-corrected chi connectivity index (χ3v) is 7.43. The number of rotatable bonds is 7. The molecular formula is C31H38FN7O3. The van der Waals surface area contributed by atoms with Crippen LogP contribution in [0.2, 0.25) is 0 Å². The third kappa shape index (κ3) is 6.38. The molecule has 4 N–H and O–H groups in total. The van der Waals surface area contributed by atoms with Crippen molar-refractivity contribution in [1.29, 1.82) is 0 Å². The average molecular weight is 576 g/mol. The van der Waals surface area contributed by atoms with Crippen LogP contribution >= 0.6 is 0 Å². The van der Waals surface area contributed by atoms with Crippen molar-refractivity contribution in [2.24, 2.45) is 0 Å². The van der Waals surface area contributed by atoms with E-state index in [9.17, 15) is 4.79 Å². The summed E-state index contributed by atoms with van der Waals surface area (Å²) in [4.78, 5) is 19.3. The number of aromatic nitrogens is 3. The van der Waals surface area contributed by atoms with Crippen molar-refractivity contribution in [2.45, 2.75) is 45.8 Å². The maximum Gasteiger partial charge on any atom is 0.323 e. The van der Waals surface area contributed by atoms with Gasteiger partial charge in [-0.3, -0.25) is 4.90 Å². The fourth-order valence-electron chi connectivity index (χ4n) is 5.28. The topological polar surface area (TPSA) is 119 Å². The molecular weight excluding hydrogens is 537 g/mol. The Morgan fingerprint density at radius 3 is 2.74 bits per heavy atom. The summed E-state index contributed by atoms with van der Waals surface area (Å²) < 4.78 is 28.5. The number of nitrogens with one attached hydrogen (secondary N) is 2. The summed E-state index contributed by atoms with van der Waals surface area (Å²) in [5.41, 5.74) is 11.7. The summed E-state index contributed by atoms with van der Waals surface area (Å²) in [6, 6.07) is 11.8. The Bertz CT molecular complexity index is 1570. The molecule has 1 fully saturated rings. The Balaban J connectivity index is 1.46. The number of hydrogen-bond donors (Lipinski definition) is 3. The number of anilines is 3. The maximum absolute atomic E-state index is 15.5. The zero-order valence-corrected chi connectivity index (χ0v) is 24.5. The standard InChI is InChI=1S/C31H38FN7O3/c1-31(2,3)21-7-5-8-22(16-21)36-30(40)37-25-10-9-20(15-24(25)32)27-23(18-41-4)26(17-38-11-6-13-42-14-12-38)39-28(27)29(33)34-19-35-39/h5,7-10,15-16,19H,6,11-14,17-18H2,1-4H3,(H2,33,34,35)(H2,36,37,40). The number of nitrogen functional groups attached to an aromatic ring is 1. The van der Waals surface area contributed by atoms with E-state index in [1.807, 2.05) is 18.2 Å². The lowest BCUT2D eigenvalue weighted by atomic mass is 9.87. The molecule has 10 nitrogen and oxygen atoms in total. The number of ether oxygens (including phenoxy) is 2. The van der Waals surface area contributed by atoms with Crippen LogP contribution in [0.4, 0.5) is 26.4 Å². The molecule has 11 heteroatoms. The number of amides is 2. The highest BCUT2D eigenvalue weighted by Crippen LogP contribution is 2.37. The number of hydrogen-bond acceptors (Lipinski definition) is 7. The predicted octanol–water partition coefficient (Wildman–Crippen LogP) is 5.43. The number of benzene rings is 2. The zero-order chi connectivity index (χ0) is 29.9. The Kier molecular flexibility index (Phi) is 8.72. The summed E-state index contributed by atoms with van der Waals surface area (Å²) in [7, 11) is 1.62. The van der Waals surface area contributed by atoms with Gasteiger partial charge in [0.25, 0.3) is 0 Å². The van der Waals surface area contributed by atoms with Crippen LogP contribution in [-0.2, 0) is 28.0 Å². The smallest absolute Gasteiger partial charge is 0.323 e. The Morgan fingerprint density at radius 2 is 1.98 bits per heavy atom. The van der Waals surface area contributed by atoms with Crippen molar-refractivity contribution in [3.8, 4) is 11.1 Å². The molecule has 1 aliphatic heterocycles. The summed E-state index contributed by atoms with van der Waals surface area (Å²) in [5.74, 6) is -0.308. The van der Waals surface area contributed by atoms with Crippen LogP contribution in [0.25, 0.3) is 16.6 Å². The summed E-state index contributed by atoms with van der Waals surface area (Å²) in [6.45, 7) is 10.2. The van der Waals surface area contributed by atoms with E-state index in [1.54, 1.807) is 29.8 Å². The molecule has 0 atom stereocenters. The van der Waals surface area contributed by atoms with Crippen molar-refractivity contribution in [2.75, 3.05) is 49.8 Å². The number of urea groups is 1. The number of fused-ring (bicyclic) bond motifs is 1. The minimum Gasteiger partial charge on any atom is -0.382 e. The average Bonchev–Trinajstić information content (AvgIpc) is 3.07. The fourth-order valence-corrected chi connectivity index (χ4v) is 5.28. The van der Waals surface area contributed by atoms with E-state index < -0.39 is 11.8 Å². The summed E-state index contributed by atoms with van der Waals surface area (Å²) in [5, 5.41) is 9.94. The molecule has 0 spiro atoms. The molecule has 3 heterocycles. The first-order valence-corrected chi connectivity index (χ1v) is 14.1. The van der Waals surface area contributed by atoms with Crippen molar-refractivity contribution in [3.63, 3.8) is 0 Å². The predicted molar refractivity (Wildman–Crippen MR) is 162 cm³/mol. The molecule has 1 aliphatic rings. The molecule has 2 amide bonds. The highest BCUT2D eigenvalue weighted by Gasteiger charge is 2.25. The minimum atomic E-state index is -0.588.